The van der Waals surface area contributed by atoms with Gasteiger partial charge in [0.2, 0.25) is 0 Å². The fourth-order valence-electron chi connectivity index (χ4n) is 9.23. The third-order valence-electron chi connectivity index (χ3n) is 17.2. The molecule has 16 atom stereocenters. The monoisotopic (exact) mass is 1270 g/mol. The topological polar surface area (TPSA) is 86.7 Å². The van der Waals surface area contributed by atoms with E-state index in [0.717, 1.165) is 96.7 Å². The van der Waals surface area contributed by atoms with Crippen molar-refractivity contribution in [2.24, 2.45) is 59.2 Å². The summed E-state index contributed by atoms with van der Waals surface area (Å²) in [5, 5.41) is 1.62. The third-order valence-corrected chi connectivity index (χ3v) is 25.1. The molecule has 0 aromatic heterocycles. The highest BCUT2D eigenvalue weighted by molar-refractivity contribution is 8.00. The average molecular weight is 1270 g/mol. The lowest BCUT2D eigenvalue weighted by molar-refractivity contribution is -0.00798. The zero-order valence-corrected chi connectivity index (χ0v) is 66.5. The molecule has 8 rings (SSSR count). The summed E-state index contributed by atoms with van der Waals surface area (Å²) < 4.78 is 55.5. The van der Waals surface area contributed by atoms with Crippen LogP contribution in [0.1, 0.15) is 324 Å². The van der Waals surface area contributed by atoms with E-state index in [4.69, 9.17) is 9.47 Å². The number of thioether (sulfide) groups is 2. The van der Waals surface area contributed by atoms with Crippen LogP contribution >= 0.6 is 23.5 Å². The van der Waals surface area contributed by atoms with E-state index < -0.39 is 19.7 Å². The van der Waals surface area contributed by atoms with Crippen LogP contribution in [0.4, 0.5) is 0 Å². The van der Waals surface area contributed by atoms with Gasteiger partial charge in [-0.25, -0.2) is 16.8 Å². The predicted molar refractivity (Wildman–Crippen MR) is 396 cm³/mol. The van der Waals surface area contributed by atoms with Crippen molar-refractivity contribution in [1.29, 1.82) is 0 Å². The van der Waals surface area contributed by atoms with Gasteiger partial charge in [-0.15, -0.1) is 0 Å². The zero-order chi connectivity index (χ0) is 67.5. The maximum absolute atomic E-state index is 11.2. The number of sulfone groups is 2. The van der Waals surface area contributed by atoms with Gasteiger partial charge in [0.05, 0.1) is 34.2 Å². The maximum atomic E-state index is 11.2. The minimum Gasteiger partial charge on any atom is -0.378 e. The minimum atomic E-state index is -2.71. The molecule has 8 aliphatic rings. The van der Waals surface area contributed by atoms with E-state index in [1.165, 1.54) is 88.6 Å². The van der Waals surface area contributed by atoms with Crippen LogP contribution < -0.4 is 0 Å². The van der Waals surface area contributed by atoms with Gasteiger partial charge in [0.25, 0.3) is 0 Å². The molecule has 0 spiro atoms. The number of allylic oxidation sites excluding steroid dienone is 4. The van der Waals surface area contributed by atoms with Crippen LogP contribution in [0.25, 0.3) is 0 Å². The molecule has 10 heteroatoms. The molecule has 0 N–H and O–H groups in total. The zero-order valence-electron chi connectivity index (χ0n) is 63.2. The Morgan fingerprint density at radius 1 is 0.298 bits per heavy atom. The lowest BCUT2D eigenvalue weighted by atomic mass is 9.86. The Labute approximate surface area is 543 Å². The normalized spacial score (nSPS) is 32.3. The van der Waals surface area contributed by atoms with E-state index in [0.29, 0.717) is 35.5 Å². The SMILES string of the molecule is CC.CC.CC.CC.CC.CC.CC.CC.CC1CC=CCC1C.CC1CC=CCC1C.CC1CCCOC1C.CC1CCCOC1C.CC1CCCS(=O)(=O)C1C.CC1CCCS(=O)(=O)C1C.CC1CCCSC1C.CC1CCCSC1C. The van der Waals surface area contributed by atoms with Gasteiger partial charge in [-0.3, -0.25) is 0 Å². The highest BCUT2D eigenvalue weighted by Crippen LogP contribution is 2.31. The van der Waals surface area contributed by atoms with Crippen LogP contribution in [0, 0.1) is 59.2 Å². The van der Waals surface area contributed by atoms with Crippen molar-refractivity contribution in [2.45, 2.75) is 358 Å². The van der Waals surface area contributed by atoms with Gasteiger partial charge in [-0.05, 0) is 201 Å². The van der Waals surface area contributed by atoms with Gasteiger partial charge in [-0.1, -0.05) is 218 Å². The molecule has 0 radical (unpaired) electrons. The van der Waals surface area contributed by atoms with Crippen LogP contribution in [-0.4, -0.2) is 86.3 Å². The Balaban J connectivity index is -0.000000127. The average Bonchev–Trinajstić information content (AvgIpc) is 3.71. The number of hydrogen-bond acceptors (Lipinski definition) is 8. The summed E-state index contributed by atoms with van der Waals surface area (Å²) in [6.07, 6.45) is 30.2. The Morgan fingerprint density at radius 3 is 0.667 bits per heavy atom. The molecule has 6 fully saturated rings. The molecule has 6 nitrogen and oxygen atoms in total. The summed E-state index contributed by atoms with van der Waals surface area (Å²) in [7, 11) is -5.42. The van der Waals surface area contributed by atoms with E-state index >= 15 is 0 Å². The summed E-state index contributed by atoms with van der Waals surface area (Å²) in [5.74, 6) is 11.5. The van der Waals surface area contributed by atoms with Crippen LogP contribution in [0.15, 0.2) is 24.3 Å². The lowest BCUT2D eigenvalue weighted by Gasteiger charge is -2.25. The molecule has 6 heterocycles. The van der Waals surface area contributed by atoms with Crippen molar-refractivity contribution in [3.63, 3.8) is 0 Å². The minimum absolute atomic E-state index is 0.110. The largest absolute Gasteiger partial charge is 0.378 e. The maximum Gasteiger partial charge on any atom is 0.153 e. The number of ether oxygens (including phenoxy) is 2. The van der Waals surface area contributed by atoms with E-state index in [1.54, 1.807) is 0 Å². The highest BCUT2D eigenvalue weighted by atomic mass is 32.2. The first kappa shape index (κ1) is 100. The summed E-state index contributed by atoms with van der Waals surface area (Å²) in [4.78, 5) is 0. The van der Waals surface area contributed by atoms with E-state index in [9.17, 15) is 16.8 Å². The van der Waals surface area contributed by atoms with Gasteiger partial charge in [0.1, 0.15) is 0 Å². The first-order valence-electron chi connectivity index (χ1n) is 36.1. The fourth-order valence-corrected chi connectivity index (χ4v) is 15.1. The molecule has 84 heavy (non-hydrogen) atoms. The number of rotatable bonds is 0. The van der Waals surface area contributed by atoms with Gasteiger partial charge in [-0.2, -0.15) is 23.5 Å². The molecule has 0 saturated carbocycles. The van der Waals surface area contributed by atoms with Crippen LogP contribution in [0.3, 0.4) is 0 Å². The Hall–Kier alpha value is -0.000000000000000222. The molecular formula is C74H160O6S4. The van der Waals surface area contributed by atoms with Gasteiger partial charge >= 0.3 is 0 Å². The van der Waals surface area contributed by atoms with E-state index in [1.807, 2.05) is 138 Å². The number of hydrogen-bond donors (Lipinski definition) is 0. The van der Waals surface area contributed by atoms with Gasteiger partial charge < -0.3 is 9.47 Å². The van der Waals surface area contributed by atoms with Gasteiger partial charge in [0.15, 0.2) is 19.7 Å². The molecule has 2 aliphatic carbocycles. The second-order valence-electron chi connectivity index (χ2n) is 23.0. The Kier molecular flexibility index (Phi) is 82.2. The molecule has 0 bridgehead atoms. The quantitative estimate of drug-likeness (QED) is 0.222. The second-order valence-corrected chi connectivity index (χ2v) is 30.9. The van der Waals surface area contributed by atoms with E-state index in [-0.39, 0.29) is 10.5 Å². The van der Waals surface area contributed by atoms with Gasteiger partial charge in [0, 0.05) is 23.7 Å². The second kappa shape index (κ2) is 68.9. The molecule has 0 aromatic carbocycles. The third kappa shape index (κ3) is 53.8. The fraction of sp³-hybridized carbons (Fsp3) is 0.946. The van der Waals surface area contributed by atoms with Crippen LogP contribution in [0.2, 0.25) is 0 Å². The van der Waals surface area contributed by atoms with Crippen molar-refractivity contribution in [1.82, 2.24) is 0 Å². The molecule has 6 aliphatic heterocycles. The smallest absolute Gasteiger partial charge is 0.153 e. The van der Waals surface area contributed by atoms with Crippen molar-refractivity contribution in [3.05, 3.63) is 24.3 Å². The predicted octanol–water partition coefficient (Wildman–Crippen LogP) is 24.6. The summed E-state index contributed by atoms with van der Waals surface area (Å²) in [6, 6.07) is 0. The standard InChI is InChI=1S/2C8H14.2C7H14O2S.2C7H14O.2C7H14S.8C2H6/c2*1-7-5-3-4-6-8(7)2;2*1-6-4-3-5-10(8,9)7(6)2;4*1-6-4-3-5-8-7(6)2;8*1-2/h2*3-4,7-8H,5-6H2,1-2H3;2*6-7H,3-5H2,1-2H3;4*6-7H,3-5H2,1-2H3;8*1-2H3. The summed E-state index contributed by atoms with van der Waals surface area (Å²) in [6.45, 7) is 69.2. The van der Waals surface area contributed by atoms with E-state index in [2.05, 4.69) is 131 Å². The lowest BCUT2D eigenvalue weighted by Crippen LogP contribution is -2.32. The first-order chi connectivity index (χ1) is 39.9. The van der Waals surface area contributed by atoms with Crippen molar-refractivity contribution < 1.29 is 26.3 Å². The summed E-state index contributed by atoms with van der Waals surface area (Å²) >= 11 is 4.25. The Morgan fingerprint density at radius 2 is 0.524 bits per heavy atom. The highest BCUT2D eigenvalue weighted by Gasteiger charge is 2.31. The van der Waals surface area contributed by atoms with Crippen LogP contribution in [0.5, 0.6) is 0 Å². The molecular weight excluding hydrogens is 1110 g/mol. The molecule has 6 saturated heterocycles. The Bertz CT molecular complexity index is 1330. The van der Waals surface area contributed by atoms with Crippen LogP contribution in [-0.2, 0) is 29.1 Å². The van der Waals surface area contributed by atoms with Crippen molar-refractivity contribution in [3.8, 4) is 0 Å². The molecule has 516 valence electrons. The molecule has 0 amide bonds. The van der Waals surface area contributed by atoms with Crippen molar-refractivity contribution >= 4 is 43.2 Å². The summed E-state index contributed by atoms with van der Waals surface area (Å²) in [5.41, 5.74) is 0. The van der Waals surface area contributed by atoms with Crippen molar-refractivity contribution in [2.75, 3.05) is 36.2 Å². The first-order valence-corrected chi connectivity index (χ1v) is 41.6. The molecule has 0 aromatic rings. The molecule has 16 unspecified atom stereocenters.